The molecule has 1 heterocycles. The second-order valence-electron chi connectivity index (χ2n) is 14.0. The van der Waals surface area contributed by atoms with Crippen LogP contribution in [0, 0.1) is 11.8 Å². The summed E-state index contributed by atoms with van der Waals surface area (Å²) in [5.74, 6) is -2.00. The number of epoxide rings is 1. The number of hydrogen-bond donors (Lipinski definition) is 4. The van der Waals surface area contributed by atoms with Gasteiger partial charge in [-0.3, -0.25) is 19.2 Å². The van der Waals surface area contributed by atoms with Gasteiger partial charge in [-0.2, -0.15) is 0 Å². The molecular formula is C37H51N7O6. The monoisotopic (exact) mass is 689 g/mol. The van der Waals surface area contributed by atoms with Crippen LogP contribution in [0.2, 0.25) is 0 Å². The van der Waals surface area contributed by atoms with Crippen LogP contribution in [0.4, 0.5) is 0 Å². The normalized spacial score (nSPS) is 22.3. The van der Waals surface area contributed by atoms with Crippen molar-refractivity contribution in [3.63, 3.8) is 0 Å². The lowest BCUT2D eigenvalue weighted by Crippen LogP contribution is -2.59. The maximum atomic E-state index is 14.0. The SMILES string of the molecule is COC1CCC(C[C@H](NC(=O)[C@@H](NC(=O)[C@H](Cc2ccc(CN)cc2)NC(=O)[C@H](Cc2ccccc2)N=[N+]=[N-])C(C)C)C(=O)[C@@]2(C)CO2)CC1. The Balaban J connectivity index is 1.52. The number of benzene rings is 2. The summed E-state index contributed by atoms with van der Waals surface area (Å²) in [5.41, 5.74) is 16.5. The Morgan fingerprint density at radius 3 is 2.06 bits per heavy atom. The molecule has 0 spiro atoms. The van der Waals surface area contributed by atoms with Crippen LogP contribution in [0.3, 0.4) is 0 Å². The third-order valence-corrected chi connectivity index (χ3v) is 9.77. The van der Waals surface area contributed by atoms with Crippen molar-refractivity contribution in [2.24, 2.45) is 22.7 Å². The van der Waals surface area contributed by atoms with E-state index in [0.717, 1.165) is 42.4 Å². The molecule has 0 radical (unpaired) electrons. The van der Waals surface area contributed by atoms with Crippen LogP contribution in [0.15, 0.2) is 59.7 Å². The van der Waals surface area contributed by atoms with Crippen LogP contribution in [0.25, 0.3) is 10.4 Å². The first-order valence-electron chi connectivity index (χ1n) is 17.4. The molecule has 1 aliphatic carbocycles. The standard InChI is InChI=1S/C37H51N7O6/c1-23(2)32(36(48)40-29(33(45)37(3)22-50-37)18-26-14-16-28(49-4)17-15-26)42-34(46)30(19-25-10-12-27(21-38)13-11-25)41-35(47)31(43-44-39)20-24-8-6-5-7-9-24/h5-13,23,26,28-32H,14-22,38H2,1-4H3,(H,40,48)(H,41,47)(H,42,46)/t26?,28?,29-,30-,31-,32-,37+/m0/s1. The van der Waals surface area contributed by atoms with Crippen molar-refractivity contribution in [2.75, 3.05) is 13.7 Å². The first kappa shape index (κ1) is 38.5. The number of hydrogen-bond acceptors (Lipinski definition) is 8. The van der Waals surface area contributed by atoms with E-state index >= 15 is 0 Å². The van der Waals surface area contributed by atoms with E-state index in [1.54, 1.807) is 27.9 Å². The van der Waals surface area contributed by atoms with Gasteiger partial charge in [-0.1, -0.05) is 73.6 Å². The highest BCUT2D eigenvalue weighted by molar-refractivity contribution is 5.98. The molecule has 4 rings (SSSR count). The van der Waals surface area contributed by atoms with Crippen molar-refractivity contribution < 1.29 is 28.7 Å². The quantitative estimate of drug-likeness (QED) is 0.0791. The third kappa shape index (κ3) is 10.9. The summed E-state index contributed by atoms with van der Waals surface area (Å²) in [7, 11) is 1.71. The van der Waals surface area contributed by atoms with Crippen LogP contribution in [0.5, 0.6) is 0 Å². The average Bonchev–Trinajstić information content (AvgIpc) is 3.88. The summed E-state index contributed by atoms with van der Waals surface area (Å²) in [4.78, 5) is 57.9. The number of ether oxygens (including phenoxy) is 2. The molecule has 0 bridgehead atoms. The van der Waals surface area contributed by atoms with Crippen LogP contribution in [0.1, 0.15) is 69.6 Å². The minimum absolute atomic E-state index is 0.101. The smallest absolute Gasteiger partial charge is 0.243 e. The molecule has 2 aromatic carbocycles. The second-order valence-corrected chi connectivity index (χ2v) is 14.0. The van der Waals surface area contributed by atoms with E-state index in [1.807, 2.05) is 54.6 Å². The lowest BCUT2D eigenvalue weighted by atomic mass is 9.81. The van der Waals surface area contributed by atoms with Crippen molar-refractivity contribution in [3.05, 3.63) is 81.7 Å². The van der Waals surface area contributed by atoms with Crippen molar-refractivity contribution in [1.29, 1.82) is 0 Å². The number of azide groups is 1. The Kier molecular flexibility index (Phi) is 13.9. The van der Waals surface area contributed by atoms with Crippen molar-refractivity contribution in [2.45, 2.75) is 108 Å². The van der Waals surface area contributed by atoms with Gasteiger partial charge in [0.05, 0.1) is 18.8 Å². The molecule has 2 fully saturated rings. The third-order valence-electron chi connectivity index (χ3n) is 9.77. The summed E-state index contributed by atoms with van der Waals surface area (Å²) in [6.07, 6.45) is 4.46. The fraction of sp³-hybridized carbons (Fsp3) is 0.568. The highest BCUT2D eigenvalue weighted by atomic mass is 16.6. The lowest BCUT2D eigenvalue weighted by Gasteiger charge is -2.32. The molecule has 5 atom stereocenters. The zero-order chi connectivity index (χ0) is 36.3. The number of ketones is 1. The number of nitrogens with zero attached hydrogens (tertiary/aromatic N) is 3. The highest BCUT2D eigenvalue weighted by Gasteiger charge is 2.50. The zero-order valence-electron chi connectivity index (χ0n) is 29.5. The molecule has 1 saturated carbocycles. The van der Waals surface area contributed by atoms with Crippen LogP contribution < -0.4 is 21.7 Å². The van der Waals surface area contributed by atoms with Gasteiger partial charge in [0.1, 0.15) is 23.7 Å². The Morgan fingerprint density at radius 2 is 1.50 bits per heavy atom. The van der Waals surface area contributed by atoms with Gasteiger partial charge in [-0.15, -0.1) is 0 Å². The van der Waals surface area contributed by atoms with Gasteiger partial charge in [0.2, 0.25) is 17.7 Å². The van der Waals surface area contributed by atoms with Crippen LogP contribution in [-0.4, -0.2) is 73.1 Å². The van der Waals surface area contributed by atoms with Gasteiger partial charge in [0.25, 0.3) is 0 Å². The van der Waals surface area contributed by atoms with E-state index in [4.69, 9.17) is 15.2 Å². The predicted octanol–water partition coefficient (Wildman–Crippen LogP) is 3.67. The maximum Gasteiger partial charge on any atom is 0.243 e. The van der Waals surface area contributed by atoms with E-state index in [1.165, 1.54) is 0 Å². The Labute approximate surface area is 294 Å². The molecule has 270 valence electrons. The molecule has 50 heavy (non-hydrogen) atoms. The zero-order valence-corrected chi connectivity index (χ0v) is 29.5. The van der Waals surface area contributed by atoms with Gasteiger partial charge >= 0.3 is 0 Å². The lowest BCUT2D eigenvalue weighted by molar-refractivity contribution is -0.135. The van der Waals surface area contributed by atoms with Gasteiger partial charge in [-0.05, 0) is 79.5 Å². The Hall–Kier alpha value is -4.29. The van der Waals surface area contributed by atoms with E-state index in [9.17, 15) is 24.7 Å². The van der Waals surface area contributed by atoms with Gasteiger partial charge < -0.3 is 31.2 Å². The van der Waals surface area contributed by atoms with Gasteiger partial charge in [0.15, 0.2) is 5.78 Å². The van der Waals surface area contributed by atoms with Crippen LogP contribution >= 0.6 is 0 Å². The fourth-order valence-electron chi connectivity index (χ4n) is 6.45. The molecule has 2 aromatic rings. The molecule has 0 aromatic heterocycles. The number of rotatable bonds is 18. The summed E-state index contributed by atoms with van der Waals surface area (Å²) >= 11 is 0. The fourth-order valence-corrected chi connectivity index (χ4v) is 6.45. The summed E-state index contributed by atoms with van der Waals surface area (Å²) in [5, 5.41) is 12.3. The van der Waals surface area contributed by atoms with E-state index < -0.39 is 47.5 Å². The number of Topliss-reactive ketones (excluding diaryl/α,β-unsaturated/α-hetero) is 1. The summed E-state index contributed by atoms with van der Waals surface area (Å²) in [6.45, 7) is 5.98. The number of carbonyl (C=O) groups excluding carboxylic acids is 4. The number of amides is 3. The van der Waals surface area contributed by atoms with Crippen molar-refractivity contribution in [3.8, 4) is 0 Å². The highest BCUT2D eigenvalue weighted by Crippen LogP contribution is 2.33. The summed E-state index contributed by atoms with van der Waals surface area (Å²) in [6, 6.07) is 12.5. The molecule has 0 unspecified atom stereocenters. The number of carbonyl (C=O) groups is 4. The van der Waals surface area contributed by atoms with E-state index in [-0.39, 0.29) is 36.6 Å². The molecule has 5 N–H and O–H groups in total. The molecule has 3 amide bonds. The summed E-state index contributed by atoms with van der Waals surface area (Å²) < 4.78 is 11.0. The maximum absolute atomic E-state index is 14.0. The number of methoxy groups -OCH3 is 1. The minimum Gasteiger partial charge on any atom is -0.381 e. The largest absolute Gasteiger partial charge is 0.381 e. The van der Waals surface area contributed by atoms with E-state index in [0.29, 0.717) is 19.6 Å². The topological polar surface area (TPSA) is 201 Å². The molecule has 13 heteroatoms. The Morgan fingerprint density at radius 1 is 0.900 bits per heavy atom. The predicted molar refractivity (Wildman–Crippen MR) is 188 cm³/mol. The first-order valence-corrected chi connectivity index (χ1v) is 17.4. The molecule has 13 nitrogen and oxygen atoms in total. The molecule has 1 aliphatic heterocycles. The van der Waals surface area contributed by atoms with Crippen molar-refractivity contribution in [1.82, 2.24) is 16.0 Å². The van der Waals surface area contributed by atoms with Gasteiger partial charge in [-0.25, -0.2) is 0 Å². The van der Waals surface area contributed by atoms with Gasteiger partial charge in [0, 0.05) is 25.0 Å². The average molecular weight is 690 g/mol. The van der Waals surface area contributed by atoms with E-state index in [2.05, 4.69) is 26.0 Å². The van der Waals surface area contributed by atoms with Crippen molar-refractivity contribution >= 4 is 23.5 Å². The van der Waals surface area contributed by atoms with Crippen LogP contribution in [-0.2, 0) is 48.0 Å². The minimum atomic E-state index is -1.11. The molecule has 2 aliphatic rings. The first-order chi connectivity index (χ1) is 24.0. The Bertz CT molecular complexity index is 1500. The number of nitrogens with two attached hydrogens (primary N) is 1. The molecular weight excluding hydrogens is 638 g/mol. The molecule has 1 saturated heterocycles. The number of nitrogens with one attached hydrogen (secondary N) is 3. The second kappa shape index (κ2) is 18.1.